The molecule has 0 radical (unpaired) electrons. The number of anilines is 1. The number of Topliss-reactive ketones (excluding diaryl/α,β-unsaturated/α-hetero) is 1. The Morgan fingerprint density at radius 2 is 1.58 bits per heavy atom. The summed E-state index contributed by atoms with van der Waals surface area (Å²) in [5.74, 6) is -2.37. The Hall–Kier alpha value is -3.74. The van der Waals surface area contributed by atoms with Crippen LogP contribution in [0.3, 0.4) is 0 Å². The third kappa shape index (κ3) is 2.80. The summed E-state index contributed by atoms with van der Waals surface area (Å²) in [5, 5.41) is 0. The van der Waals surface area contributed by atoms with Crippen molar-refractivity contribution in [3.63, 3.8) is 0 Å². The van der Waals surface area contributed by atoms with E-state index < -0.39 is 23.8 Å². The lowest BCUT2D eigenvalue weighted by molar-refractivity contribution is -0.132. The van der Waals surface area contributed by atoms with Crippen LogP contribution >= 0.6 is 0 Å². The molecular weight excluding hydrogens is 396 g/mol. The number of rotatable bonds is 3. The smallest absolute Gasteiger partial charge is 0.308 e. The van der Waals surface area contributed by atoms with Gasteiger partial charge < -0.3 is 9.64 Å². The largest absolute Gasteiger partial charge is 0.427 e. The summed E-state index contributed by atoms with van der Waals surface area (Å²) >= 11 is 0. The fourth-order valence-corrected chi connectivity index (χ4v) is 5.11. The number of carbonyl (C=O) groups excluding carboxylic acids is 4. The standard InChI is InChI=1S/C24H20N2O5/c1-13(27)21-19-20(22-18-6-4-3-5-15(18)11-12-25(21)22)24(30)26(23(19)29)16-7-9-17(10-8-16)31-14(2)28/h3-12,19-22H,1-2H3/t19-,20+,21-,22+/m1/s1. The van der Waals surface area contributed by atoms with E-state index in [-0.39, 0.29) is 23.6 Å². The van der Waals surface area contributed by atoms with Crippen molar-refractivity contribution >= 4 is 35.3 Å². The molecule has 0 aromatic heterocycles. The van der Waals surface area contributed by atoms with Crippen LogP contribution in [0.2, 0.25) is 0 Å². The van der Waals surface area contributed by atoms with E-state index in [0.29, 0.717) is 11.4 Å². The number of amides is 2. The van der Waals surface area contributed by atoms with Crippen molar-refractivity contribution in [1.82, 2.24) is 4.90 Å². The summed E-state index contributed by atoms with van der Waals surface area (Å²) in [4.78, 5) is 53.8. The van der Waals surface area contributed by atoms with Crippen LogP contribution in [0.4, 0.5) is 5.69 Å². The average Bonchev–Trinajstić information content (AvgIpc) is 3.21. The third-order valence-electron chi connectivity index (χ3n) is 6.23. The molecule has 7 heteroatoms. The van der Waals surface area contributed by atoms with Crippen LogP contribution in [-0.4, -0.2) is 34.5 Å². The van der Waals surface area contributed by atoms with Gasteiger partial charge in [0.25, 0.3) is 0 Å². The zero-order chi connectivity index (χ0) is 21.9. The number of imide groups is 1. The van der Waals surface area contributed by atoms with Crippen LogP contribution in [0.5, 0.6) is 5.75 Å². The maximum atomic E-state index is 13.6. The minimum atomic E-state index is -0.751. The highest BCUT2D eigenvalue weighted by Gasteiger charge is 2.63. The van der Waals surface area contributed by atoms with Gasteiger partial charge in [-0.15, -0.1) is 0 Å². The predicted molar refractivity (Wildman–Crippen MR) is 112 cm³/mol. The van der Waals surface area contributed by atoms with Crippen molar-refractivity contribution in [2.45, 2.75) is 25.9 Å². The van der Waals surface area contributed by atoms with E-state index in [1.165, 1.54) is 18.7 Å². The number of benzene rings is 2. The first kappa shape index (κ1) is 19.2. The summed E-state index contributed by atoms with van der Waals surface area (Å²) in [6.07, 6.45) is 3.75. The quantitative estimate of drug-likeness (QED) is 0.435. The van der Waals surface area contributed by atoms with Gasteiger partial charge in [0.2, 0.25) is 11.8 Å². The normalized spacial score (nSPS) is 25.9. The Morgan fingerprint density at radius 1 is 0.903 bits per heavy atom. The molecule has 0 N–H and O–H groups in total. The van der Waals surface area contributed by atoms with Crippen LogP contribution < -0.4 is 9.64 Å². The van der Waals surface area contributed by atoms with Gasteiger partial charge in [-0.2, -0.15) is 0 Å². The van der Waals surface area contributed by atoms with E-state index in [1.54, 1.807) is 24.3 Å². The lowest BCUT2D eigenvalue weighted by atomic mass is 9.84. The van der Waals surface area contributed by atoms with E-state index >= 15 is 0 Å². The maximum Gasteiger partial charge on any atom is 0.308 e. The highest BCUT2D eigenvalue weighted by Crippen LogP contribution is 2.53. The van der Waals surface area contributed by atoms with Gasteiger partial charge in [0.05, 0.1) is 29.6 Å². The number of nitrogens with zero attached hydrogens (tertiary/aromatic N) is 2. The number of fused-ring (bicyclic) bond motifs is 5. The van der Waals surface area contributed by atoms with Gasteiger partial charge in [-0.1, -0.05) is 24.3 Å². The van der Waals surface area contributed by atoms with Gasteiger partial charge in [-0.25, -0.2) is 4.90 Å². The second-order valence-corrected chi connectivity index (χ2v) is 8.04. The molecule has 0 saturated carbocycles. The third-order valence-corrected chi connectivity index (χ3v) is 6.23. The number of esters is 1. The fourth-order valence-electron chi connectivity index (χ4n) is 5.11. The van der Waals surface area contributed by atoms with Crippen molar-refractivity contribution in [1.29, 1.82) is 0 Å². The summed E-state index contributed by atoms with van der Waals surface area (Å²) < 4.78 is 5.03. The molecule has 5 rings (SSSR count). The van der Waals surface area contributed by atoms with Gasteiger partial charge in [-0.05, 0) is 48.4 Å². The summed E-state index contributed by atoms with van der Waals surface area (Å²) in [6.45, 7) is 2.76. The minimum absolute atomic E-state index is 0.144. The monoisotopic (exact) mass is 416 g/mol. The van der Waals surface area contributed by atoms with E-state index in [0.717, 1.165) is 11.1 Å². The molecule has 2 fully saturated rings. The first-order valence-corrected chi connectivity index (χ1v) is 10.1. The van der Waals surface area contributed by atoms with Gasteiger partial charge in [-0.3, -0.25) is 19.2 Å². The molecule has 7 nitrogen and oxygen atoms in total. The Balaban J connectivity index is 1.56. The molecule has 0 bridgehead atoms. The van der Waals surface area contributed by atoms with Crippen molar-refractivity contribution in [3.8, 4) is 5.75 Å². The van der Waals surface area contributed by atoms with Crippen molar-refractivity contribution in [2.24, 2.45) is 11.8 Å². The SMILES string of the molecule is CC(=O)Oc1ccc(N2C(=O)[C@@H]3[C@H](C2=O)[C@@H]2c4ccccc4C=CN2[C@@H]3C(C)=O)cc1. The average molecular weight is 416 g/mol. The summed E-state index contributed by atoms with van der Waals surface area (Å²) in [6, 6.07) is 12.9. The fraction of sp³-hybridized carbons (Fsp3) is 0.250. The molecule has 156 valence electrons. The summed E-state index contributed by atoms with van der Waals surface area (Å²) in [7, 11) is 0. The molecular formula is C24H20N2O5. The van der Waals surface area contributed by atoms with Crippen LogP contribution in [-0.2, 0) is 19.2 Å². The van der Waals surface area contributed by atoms with Crippen LogP contribution in [0.1, 0.15) is 31.0 Å². The number of hydrogen-bond acceptors (Lipinski definition) is 6. The molecule has 0 aliphatic carbocycles. The predicted octanol–water partition coefficient (Wildman–Crippen LogP) is 2.72. The second-order valence-electron chi connectivity index (χ2n) is 8.04. The molecule has 2 aromatic rings. The molecule has 0 spiro atoms. The Labute approximate surface area is 178 Å². The number of hydrogen-bond donors (Lipinski definition) is 0. The van der Waals surface area contributed by atoms with Gasteiger partial charge in [0, 0.05) is 13.1 Å². The first-order chi connectivity index (χ1) is 14.9. The molecule has 31 heavy (non-hydrogen) atoms. The Kier molecular flexibility index (Phi) is 4.28. The van der Waals surface area contributed by atoms with E-state index in [1.807, 2.05) is 41.4 Å². The minimum Gasteiger partial charge on any atom is -0.427 e. The van der Waals surface area contributed by atoms with E-state index in [4.69, 9.17) is 4.74 Å². The van der Waals surface area contributed by atoms with E-state index in [9.17, 15) is 19.2 Å². The number of carbonyl (C=O) groups is 4. The topological polar surface area (TPSA) is 84.0 Å². The second kappa shape index (κ2) is 6.91. The molecule has 3 aliphatic rings. The highest BCUT2D eigenvalue weighted by molar-refractivity contribution is 6.24. The van der Waals surface area contributed by atoms with Gasteiger partial charge >= 0.3 is 5.97 Å². The van der Waals surface area contributed by atoms with Crippen molar-refractivity contribution in [2.75, 3.05) is 4.90 Å². The summed E-state index contributed by atoms with van der Waals surface area (Å²) in [5.41, 5.74) is 2.32. The Morgan fingerprint density at radius 3 is 2.26 bits per heavy atom. The van der Waals surface area contributed by atoms with Crippen molar-refractivity contribution in [3.05, 3.63) is 65.9 Å². The number of ketones is 1. The van der Waals surface area contributed by atoms with Crippen LogP contribution in [0.15, 0.2) is 54.7 Å². The van der Waals surface area contributed by atoms with Crippen LogP contribution in [0, 0.1) is 11.8 Å². The molecule has 3 heterocycles. The molecule has 2 amide bonds. The maximum absolute atomic E-state index is 13.6. The lowest BCUT2D eigenvalue weighted by Gasteiger charge is -2.34. The zero-order valence-corrected chi connectivity index (χ0v) is 17.0. The van der Waals surface area contributed by atoms with Gasteiger partial charge in [0.15, 0.2) is 5.78 Å². The number of ether oxygens (including phenoxy) is 1. The van der Waals surface area contributed by atoms with Crippen molar-refractivity contribution < 1.29 is 23.9 Å². The molecule has 2 aromatic carbocycles. The molecule has 3 aliphatic heterocycles. The molecule has 0 unspecified atom stereocenters. The van der Waals surface area contributed by atoms with Gasteiger partial charge in [0.1, 0.15) is 5.75 Å². The molecule has 4 atom stereocenters. The lowest BCUT2D eigenvalue weighted by Crippen LogP contribution is -2.43. The Bertz CT molecular complexity index is 1150. The molecule has 2 saturated heterocycles. The van der Waals surface area contributed by atoms with E-state index in [2.05, 4.69) is 0 Å². The highest BCUT2D eigenvalue weighted by atomic mass is 16.5. The zero-order valence-electron chi connectivity index (χ0n) is 17.0. The van der Waals surface area contributed by atoms with Crippen LogP contribution in [0.25, 0.3) is 6.08 Å². The first-order valence-electron chi connectivity index (χ1n) is 10.1.